The maximum atomic E-state index is 12.9. The van der Waals surface area contributed by atoms with Gasteiger partial charge < -0.3 is 9.97 Å². The number of H-pyrrole nitrogens is 2. The van der Waals surface area contributed by atoms with E-state index in [1.54, 1.807) is 13.1 Å². The molecule has 0 saturated carbocycles. The van der Waals surface area contributed by atoms with E-state index in [2.05, 4.69) is 20.1 Å². The van der Waals surface area contributed by atoms with Crippen molar-refractivity contribution in [1.29, 1.82) is 0 Å². The predicted molar refractivity (Wildman–Crippen MR) is 104 cm³/mol. The minimum absolute atomic E-state index is 0.209. The summed E-state index contributed by atoms with van der Waals surface area (Å²) >= 11 is 0. The van der Waals surface area contributed by atoms with Crippen molar-refractivity contribution in [2.75, 3.05) is 0 Å². The fourth-order valence-electron chi connectivity index (χ4n) is 3.32. The molecule has 126 valence electrons. The number of hydrogen-bond donors (Lipinski definition) is 2. The second kappa shape index (κ2) is 5.42. The predicted octanol–water partition coefficient (Wildman–Crippen LogP) is 3.55. The Hall–Kier alpha value is -3.67. The van der Waals surface area contributed by atoms with Crippen molar-refractivity contribution in [3.63, 3.8) is 0 Å². The standard InChI is InChI=1S/C20H15N5O/c1-12-23-18-15-7-3-5-9-17(15)24-19(18)20(26)25(12)22-11-13-10-21-16-8-4-2-6-14(13)16/h2-11,21,24H,1H3/b22-11+. The zero-order valence-electron chi connectivity index (χ0n) is 14.0. The summed E-state index contributed by atoms with van der Waals surface area (Å²) in [6.45, 7) is 1.79. The van der Waals surface area contributed by atoms with Crippen molar-refractivity contribution in [1.82, 2.24) is 19.6 Å². The molecule has 0 amide bonds. The lowest BCUT2D eigenvalue weighted by molar-refractivity contribution is 0.770. The molecule has 0 saturated heterocycles. The van der Waals surface area contributed by atoms with Gasteiger partial charge in [0.05, 0.1) is 6.21 Å². The molecule has 0 unspecified atom stereocenters. The Kier molecular flexibility index (Phi) is 3.05. The molecule has 0 spiro atoms. The molecular formula is C20H15N5O. The summed E-state index contributed by atoms with van der Waals surface area (Å²) in [5.74, 6) is 0.545. The summed E-state index contributed by atoms with van der Waals surface area (Å²) in [5, 5.41) is 6.39. The third-order valence-electron chi connectivity index (χ3n) is 4.60. The Morgan fingerprint density at radius 1 is 1.04 bits per heavy atom. The Labute approximate surface area is 147 Å². The molecule has 0 aliphatic carbocycles. The number of nitrogens with zero attached hydrogens (tertiary/aromatic N) is 3. The lowest BCUT2D eigenvalue weighted by atomic mass is 10.2. The van der Waals surface area contributed by atoms with E-state index in [0.717, 1.165) is 27.4 Å². The van der Waals surface area contributed by atoms with Gasteiger partial charge in [-0.1, -0.05) is 36.4 Å². The number of nitrogens with one attached hydrogen (secondary N) is 2. The van der Waals surface area contributed by atoms with Crippen LogP contribution in [0.5, 0.6) is 0 Å². The van der Waals surface area contributed by atoms with Crippen molar-refractivity contribution >= 4 is 39.1 Å². The summed E-state index contributed by atoms with van der Waals surface area (Å²) in [6.07, 6.45) is 3.56. The van der Waals surface area contributed by atoms with Crippen LogP contribution < -0.4 is 5.56 Å². The lowest BCUT2D eigenvalue weighted by Crippen LogP contribution is -2.20. The van der Waals surface area contributed by atoms with E-state index in [4.69, 9.17) is 0 Å². The van der Waals surface area contributed by atoms with Crippen LogP contribution >= 0.6 is 0 Å². The van der Waals surface area contributed by atoms with Gasteiger partial charge in [0.1, 0.15) is 16.9 Å². The fourth-order valence-corrected chi connectivity index (χ4v) is 3.32. The van der Waals surface area contributed by atoms with E-state index in [9.17, 15) is 4.79 Å². The van der Waals surface area contributed by atoms with Gasteiger partial charge in [0, 0.05) is 33.6 Å². The smallest absolute Gasteiger partial charge is 0.298 e. The molecule has 0 bridgehead atoms. The van der Waals surface area contributed by atoms with Crippen LogP contribution in [0.4, 0.5) is 0 Å². The Morgan fingerprint density at radius 3 is 2.62 bits per heavy atom. The van der Waals surface area contributed by atoms with Crippen molar-refractivity contribution in [2.24, 2.45) is 5.10 Å². The molecule has 2 aromatic carbocycles. The van der Waals surface area contributed by atoms with E-state index >= 15 is 0 Å². The summed E-state index contributed by atoms with van der Waals surface area (Å²) in [4.78, 5) is 23.9. The van der Waals surface area contributed by atoms with Gasteiger partial charge in [-0.15, -0.1) is 0 Å². The lowest BCUT2D eigenvalue weighted by Gasteiger charge is -2.02. The summed E-state index contributed by atoms with van der Waals surface area (Å²) in [7, 11) is 0. The van der Waals surface area contributed by atoms with Crippen molar-refractivity contribution < 1.29 is 0 Å². The average Bonchev–Trinajstić information content (AvgIpc) is 3.24. The molecule has 5 rings (SSSR count). The molecule has 6 nitrogen and oxygen atoms in total. The van der Waals surface area contributed by atoms with E-state index in [1.165, 1.54) is 4.68 Å². The van der Waals surface area contributed by atoms with Gasteiger partial charge >= 0.3 is 0 Å². The maximum Gasteiger partial charge on any atom is 0.298 e. The fraction of sp³-hybridized carbons (Fsp3) is 0.0500. The molecule has 5 aromatic rings. The van der Waals surface area contributed by atoms with Crippen LogP contribution in [-0.4, -0.2) is 25.8 Å². The molecule has 2 N–H and O–H groups in total. The Morgan fingerprint density at radius 2 is 1.77 bits per heavy atom. The first-order valence-corrected chi connectivity index (χ1v) is 8.33. The molecule has 0 aliphatic rings. The zero-order chi connectivity index (χ0) is 17.7. The number of benzene rings is 2. The molecule has 3 heterocycles. The summed E-state index contributed by atoms with van der Waals surface area (Å²) in [6, 6.07) is 15.7. The third-order valence-corrected chi connectivity index (χ3v) is 4.60. The number of rotatable bonds is 2. The number of aryl methyl sites for hydroxylation is 1. The molecule has 0 fully saturated rings. The molecule has 3 aromatic heterocycles. The van der Waals surface area contributed by atoms with Gasteiger partial charge in [-0.2, -0.15) is 9.78 Å². The highest BCUT2D eigenvalue weighted by Gasteiger charge is 2.12. The highest BCUT2D eigenvalue weighted by Crippen LogP contribution is 2.21. The SMILES string of the molecule is Cc1nc2c([nH]c3ccccc32)c(=O)n1/N=C/c1c[nH]c2ccccc12. The topological polar surface area (TPSA) is 78.8 Å². The Balaban J connectivity index is 1.69. The average molecular weight is 341 g/mol. The second-order valence-corrected chi connectivity index (χ2v) is 6.20. The first kappa shape index (κ1) is 14.7. The van der Waals surface area contributed by atoms with Gasteiger partial charge in [-0.3, -0.25) is 4.79 Å². The van der Waals surface area contributed by atoms with Crippen LogP contribution in [-0.2, 0) is 0 Å². The van der Waals surface area contributed by atoms with Gasteiger partial charge in [-0.25, -0.2) is 4.98 Å². The van der Waals surface area contributed by atoms with E-state index in [0.29, 0.717) is 16.9 Å². The van der Waals surface area contributed by atoms with Crippen molar-refractivity contribution in [2.45, 2.75) is 6.92 Å². The van der Waals surface area contributed by atoms with Crippen LogP contribution in [0.1, 0.15) is 11.4 Å². The van der Waals surface area contributed by atoms with Crippen molar-refractivity contribution in [3.8, 4) is 0 Å². The molecule has 26 heavy (non-hydrogen) atoms. The number of para-hydroxylation sites is 2. The summed E-state index contributed by atoms with van der Waals surface area (Å²) < 4.78 is 1.33. The molecule has 6 heteroatoms. The highest BCUT2D eigenvalue weighted by molar-refractivity contribution is 6.04. The molecular weight excluding hydrogens is 326 g/mol. The van der Waals surface area contributed by atoms with Gasteiger partial charge in [0.2, 0.25) is 0 Å². The second-order valence-electron chi connectivity index (χ2n) is 6.20. The largest absolute Gasteiger partial charge is 0.361 e. The first-order chi connectivity index (χ1) is 12.7. The Bertz CT molecular complexity index is 1370. The van der Waals surface area contributed by atoms with Crippen LogP contribution in [0.3, 0.4) is 0 Å². The minimum atomic E-state index is -0.209. The zero-order valence-corrected chi connectivity index (χ0v) is 14.0. The molecule has 0 aliphatic heterocycles. The number of hydrogen-bond acceptors (Lipinski definition) is 3. The van der Waals surface area contributed by atoms with Crippen LogP contribution in [0, 0.1) is 6.92 Å². The van der Waals surface area contributed by atoms with Crippen LogP contribution in [0.15, 0.2) is 64.6 Å². The van der Waals surface area contributed by atoms with Gasteiger partial charge in [0.15, 0.2) is 0 Å². The normalized spacial score (nSPS) is 12.0. The maximum absolute atomic E-state index is 12.9. The number of fused-ring (bicyclic) bond motifs is 4. The third kappa shape index (κ3) is 2.09. The first-order valence-electron chi connectivity index (χ1n) is 8.33. The highest BCUT2D eigenvalue weighted by atomic mass is 16.1. The van der Waals surface area contributed by atoms with E-state index in [1.807, 2.05) is 54.7 Å². The molecule has 0 atom stereocenters. The number of aromatic amines is 2. The van der Waals surface area contributed by atoms with E-state index in [-0.39, 0.29) is 5.56 Å². The van der Waals surface area contributed by atoms with E-state index < -0.39 is 0 Å². The van der Waals surface area contributed by atoms with Crippen molar-refractivity contribution in [3.05, 3.63) is 76.5 Å². The van der Waals surface area contributed by atoms with Gasteiger partial charge in [0.25, 0.3) is 5.56 Å². The van der Waals surface area contributed by atoms with Crippen LogP contribution in [0.2, 0.25) is 0 Å². The quantitative estimate of drug-likeness (QED) is 0.482. The van der Waals surface area contributed by atoms with Crippen LogP contribution in [0.25, 0.3) is 32.8 Å². The number of aromatic nitrogens is 4. The summed E-state index contributed by atoms with van der Waals surface area (Å²) in [5.41, 5.74) is 3.78. The van der Waals surface area contributed by atoms with Gasteiger partial charge in [-0.05, 0) is 19.1 Å². The minimum Gasteiger partial charge on any atom is -0.361 e. The monoisotopic (exact) mass is 341 g/mol. The molecule has 0 radical (unpaired) electrons.